The summed E-state index contributed by atoms with van der Waals surface area (Å²) in [5.74, 6) is 0. The van der Waals surface area contributed by atoms with E-state index >= 15 is 0 Å². The molecule has 4 nitrogen and oxygen atoms in total. The van der Waals surface area contributed by atoms with Crippen molar-refractivity contribution in [2.75, 3.05) is 25.0 Å². The largest absolute Gasteiger partial charge is 0.374 e. The second-order valence-electron chi connectivity index (χ2n) is 5.96. The standard InChI is InChI=1S/C15H28N4S/c1-4-9-16-14-13(17-18-20-14)12-19-10-7-15(5-2,6-3)8-11-19/h16H,4-12H2,1-3H3. The molecule has 0 aliphatic carbocycles. The van der Waals surface area contributed by atoms with Crippen LogP contribution in [0.2, 0.25) is 0 Å². The van der Waals surface area contributed by atoms with Gasteiger partial charge in [0.05, 0.1) is 0 Å². The monoisotopic (exact) mass is 296 g/mol. The smallest absolute Gasteiger partial charge is 0.134 e. The molecule has 0 saturated carbocycles. The highest BCUT2D eigenvalue weighted by atomic mass is 32.1. The Labute approximate surface area is 127 Å². The first-order chi connectivity index (χ1) is 9.73. The molecule has 20 heavy (non-hydrogen) atoms. The fourth-order valence-electron chi connectivity index (χ4n) is 3.04. The van der Waals surface area contributed by atoms with E-state index in [0.717, 1.165) is 30.2 Å². The molecule has 0 bridgehead atoms. The second-order valence-corrected chi connectivity index (χ2v) is 6.71. The van der Waals surface area contributed by atoms with Crippen LogP contribution in [0.5, 0.6) is 0 Å². The summed E-state index contributed by atoms with van der Waals surface area (Å²) in [6, 6.07) is 0. The Hall–Kier alpha value is -0.680. The summed E-state index contributed by atoms with van der Waals surface area (Å²) in [5.41, 5.74) is 1.73. The number of hydrogen-bond acceptors (Lipinski definition) is 5. The summed E-state index contributed by atoms with van der Waals surface area (Å²) < 4.78 is 4.10. The van der Waals surface area contributed by atoms with Crippen LogP contribution in [-0.2, 0) is 6.54 Å². The van der Waals surface area contributed by atoms with Gasteiger partial charge in [-0.2, -0.15) is 0 Å². The summed E-state index contributed by atoms with van der Waals surface area (Å²) in [6.45, 7) is 11.2. The maximum atomic E-state index is 4.30. The van der Waals surface area contributed by atoms with Crippen LogP contribution in [0.15, 0.2) is 0 Å². The molecule has 0 unspecified atom stereocenters. The van der Waals surface area contributed by atoms with Crippen LogP contribution in [0.4, 0.5) is 5.00 Å². The maximum Gasteiger partial charge on any atom is 0.134 e. The zero-order chi connectivity index (χ0) is 14.4. The van der Waals surface area contributed by atoms with Crippen molar-refractivity contribution < 1.29 is 0 Å². The number of rotatable bonds is 7. The molecule has 1 fully saturated rings. The maximum absolute atomic E-state index is 4.30. The predicted molar refractivity (Wildman–Crippen MR) is 86.2 cm³/mol. The summed E-state index contributed by atoms with van der Waals surface area (Å²) in [7, 11) is 0. The van der Waals surface area contributed by atoms with Gasteiger partial charge in [-0.3, -0.25) is 4.90 Å². The van der Waals surface area contributed by atoms with Crippen LogP contribution < -0.4 is 5.32 Å². The molecule has 0 amide bonds. The zero-order valence-electron chi connectivity index (χ0n) is 13.1. The molecular formula is C15H28N4S. The van der Waals surface area contributed by atoms with Gasteiger partial charge in [-0.1, -0.05) is 38.1 Å². The third-order valence-corrected chi connectivity index (χ3v) is 5.61. The molecule has 2 heterocycles. The van der Waals surface area contributed by atoms with Crippen LogP contribution in [0, 0.1) is 5.41 Å². The van der Waals surface area contributed by atoms with E-state index in [2.05, 4.69) is 40.6 Å². The third kappa shape index (κ3) is 3.70. The number of hydrogen-bond donors (Lipinski definition) is 1. The lowest BCUT2D eigenvalue weighted by atomic mass is 9.74. The van der Waals surface area contributed by atoms with E-state index in [0.29, 0.717) is 5.41 Å². The molecule has 0 radical (unpaired) electrons. The molecule has 1 saturated heterocycles. The Bertz CT molecular complexity index is 390. The topological polar surface area (TPSA) is 41.1 Å². The lowest BCUT2D eigenvalue weighted by Gasteiger charge is -2.40. The van der Waals surface area contributed by atoms with E-state index < -0.39 is 0 Å². The first-order valence-corrected chi connectivity index (χ1v) is 8.78. The normalized spacial score (nSPS) is 19.1. The van der Waals surface area contributed by atoms with E-state index in [1.165, 1.54) is 50.3 Å². The van der Waals surface area contributed by atoms with E-state index in [1.54, 1.807) is 0 Å². The Morgan fingerprint density at radius 1 is 1.20 bits per heavy atom. The Morgan fingerprint density at radius 2 is 1.90 bits per heavy atom. The molecule has 1 aromatic rings. The van der Waals surface area contributed by atoms with E-state index in [-0.39, 0.29) is 0 Å². The minimum atomic E-state index is 0.597. The molecule has 0 atom stereocenters. The Morgan fingerprint density at radius 3 is 2.50 bits per heavy atom. The van der Waals surface area contributed by atoms with Crippen molar-refractivity contribution in [3.63, 3.8) is 0 Å². The number of nitrogens with one attached hydrogen (secondary N) is 1. The van der Waals surface area contributed by atoms with Crippen molar-refractivity contribution in [1.82, 2.24) is 14.5 Å². The Balaban J connectivity index is 1.88. The number of piperidine rings is 1. The molecule has 1 aromatic heterocycles. The highest BCUT2D eigenvalue weighted by Gasteiger charge is 2.31. The summed E-state index contributed by atoms with van der Waals surface area (Å²) >= 11 is 1.49. The quantitative estimate of drug-likeness (QED) is 0.831. The Kier molecular flexibility index (Phi) is 5.78. The molecule has 0 spiro atoms. The van der Waals surface area contributed by atoms with Crippen molar-refractivity contribution >= 4 is 16.5 Å². The summed E-state index contributed by atoms with van der Waals surface area (Å²) in [5, 5.41) is 8.90. The SMILES string of the molecule is CCCNc1snnc1CN1CCC(CC)(CC)CC1. The average molecular weight is 296 g/mol. The van der Waals surface area contributed by atoms with Gasteiger partial charge >= 0.3 is 0 Å². The zero-order valence-corrected chi connectivity index (χ0v) is 13.9. The molecular weight excluding hydrogens is 268 g/mol. The van der Waals surface area contributed by atoms with Gasteiger partial charge in [-0.15, -0.1) is 5.10 Å². The summed E-state index contributed by atoms with van der Waals surface area (Å²) in [6.07, 6.45) is 6.43. The first-order valence-electron chi connectivity index (χ1n) is 8.00. The van der Waals surface area contributed by atoms with Crippen molar-refractivity contribution in [3.05, 3.63) is 5.69 Å². The molecule has 1 aliphatic rings. The lowest BCUT2D eigenvalue weighted by Crippen LogP contribution is -2.39. The molecule has 1 aliphatic heterocycles. The average Bonchev–Trinajstić information content (AvgIpc) is 2.93. The van der Waals surface area contributed by atoms with Gasteiger partial charge in [0.1, 0.15) is 10.7 Å². The summed E-state index contributed by atoms with van der Waals surface area (Å²) in [4.78, 5) is 2.54. The van der Waals surface area contributed by atoms with E-state index in [4.69, 9.17) is 0 Å². The van der Waals surface area contributed by atoms with E-state index in [9.17, 15) is 0 Å². The minimum Gasteiger partial charge on any atom is -0.374 e. The fraction of sp³-hybridized carbons (Fsp3) is 0.867. The predicted octanol–water partition coefficient (Wildman–Crippen LogP) is 3.76. The number of aromatic nitrogens is 2. The van der Waals surface area contributed by atoms with Crippen molar-refractivity contribution in [2.24, 2.45) is 5.41 Å². The van der Waals surface area contributed by atoms with Gasteiger partial charge in [-0.05, 0) is 37.8 Å². The van der Waals surface area contributed by atoms with Crippen LogP contribution in [0.25, 0.3) is 0 Å². The van der Waals surface area contributed by atoms with Gasteiger partial charge in [0, 0.05) is 24.6 Å². The lowest BCUT2D eigenvalue weighted by molar-refractivity contribution is 0.0902. The van der Waals surface area contributed by atoms with Gasteiger partial charge in [0.25, 0.3) is 0 Å². The molecule has 114 valence electrons. The van der Waals surface area contributed by atoms with E-state index in [1.807, 2.05) is 0 Å². The third-order valence-electron chi connectivity index (χ3n) is 4.88. The van der Waals surface area contributed by atoms with Crippen molar-refractivity contribution in [1.29, 1.82) is 0 Å². The number of likely N-dealkylation sites (tertiary alicyclic amines) is 1. The first kappa shape index (κ1) is 15.7. The van der Waals surface area contributed by atoms with Gasteiger partial charge in [-0.25, -0.2) is 0 Å². The molecule has 2 rings (SSSR count). The van der Waals surface area contributed by atoms with Gasteiger partial charge in [0.15, 0.2) is 0 Å². The highest BCUT2D eigenvalue weighted by Crippen LogP contribution is 2.38. The van der Waals surface area contributed by atoms with Crippen molar-refractivity contribution in [2.45, 2.75) is 59.4 Å². The van der Waals surface area contributed by atoms with Crippen LogP contribution in [-0.4, -0.2) is 34.1 Å². The molecule has 1 N–H and O–H groups in total. The van der Waals surface area contributed by atoms with Gasteiger partial charge in [0.2, 0.25) is 0 Å². The number of anilines is 1. The van der Waals surface area contributed by atoms with Crippen molar-refractivity contribution in [3.8, 4) is 0 Å². The second kappa shape index (κ2) is 7.36. The highest BCUT2D eigenvalue weighted by molar-refractivity contribution is 7.10. The molecule has 5 heteroatoms. The van der Waals surface area contributed by atoms with Crippen LogP contribution in [0.3, 0.4) is 0 Å². The molecule has 0 aromatic carbocycles. The van der Waals surface area contributed by atoms with Gasteiger partial charge < -0.3 is 5.32 Å². The van der Waals surface area contributed by atoms with Crippen LogP contribution in [0.1, 0.15) is 58.6 Å². The minimum absolute atomic E-state index is 0.597. The van der Waals surface area contributed by atoms with Crippen LogP contribution >= 0.6 is 11.5 Å². The number of nitrogens with zero attached hydrogens (tertiary/aromatic N) is 3. The fourth-order valence-corrected chi connectivity index (χ4v) is 3.64.